The number of hydrogen-bond donors (Lipinski definition) is 1. The van der Waals surface area contributed by atoms with Gasteiger partial charge in [0.1, 0.15) is 4.75 Å². The molecule has 1 atom stereocenters. The van der Waals surface area contributed by atoms with Crippen molar-refractivity contribution in [2.24, 2.45) is 0 Å². The van der Waals surface area contributed by atoms with Crippen LogP contribution in [0.15, 0.2) is 29.0 Å². The predicted octanol–water partition coefficient (Wildman–Crippen LogP) is 2.65. The molecule has 2 aromatic rings. The molecule has 18 heavy (non-hydrogen) atoms. The molecule has 1 unspecified atom stereocenters. The third-order valence-electron chi connectivity index (χ3n) is 2.51. The Bertz CT molecular complexity index is 550. The molecule has 2 aromatic heterocycles. The summed E-state index contributed by atoms with van der Waals surface area (Å²) in [5.74, 6) is 0. The van der Waals surface area contributed by atoms with Crippen LogP contribution >= 0.6 is 15.9 Å². The van der Waals surface area contributed by atoms with Crippen molar-refractivity contribution >= 4 is 32.9 Å². The second-order valence-electron chi connectivity index (χ2n) is 5.00. The first-order valence-electron chi connectivity index (χ1n) is 5.65. The number of imidazole rings is 1. The summed E-state index contributed by atoms with van der Waals surface area (Å²) in [6.07, 6.45) is 3.75. The first kappa shape index (κ1) is 13.9. The molecule has 0 bridgehead atoms. The molecule has 0 saturated heterocycles. The van der Waals surface area contributed by atoms with Gasteiger partial charge in [-0.2, -0.15) is 0 Å². The maximum atomic E-state index is 11.9. The molecule has 4 nitrogen and oxygen atoms in total. The first-order chi connectivity index (χ1) is 8.39. The van der Waals surface area contributed by atoms with Crippen molar-refractivity contribution in [2.45, 2.75) is 32.1 Å². The Morgan fingerprint density at radius 1 is 1.50 bits per heavy atom. The first-order valence-corrected chi connectivity index (χ1v) is 7.60. The van der Waals surface area contributed by atoms with Crippen LogP contribution < -0.4 is 4.72 Å². The summed E-state index contributed by atoms with van der Waals surface area (Å²) in [5, 5.41) is 0. The third kappa shape index (κ3) is 2.88. The van der Waals surface area contributed by atoms with Crippen molar-refractivity contribution in [3.05, 3.63) is 34.7 Å². The van der Waals surface area contributed by atoms with Gasteiger partial charge in [-0.05, 0) is 48.8 Å². The molecule has 0 aliphatic heterocycles. The number of aromatic nitrogens is 2. The van der Waals surface area contributed by atoms with Crippen LogP contribution in [0.3, 0.4) is 0 Å². The Balaban J connectivity index is 2.16. The van der Waals surface area contributed by atoms with Crippen LogP contribution in [0.2, 0.25) is 0 Å². The maximum absolute atomic E-state index is 11.9. The monoisotopic (exact) mass is 329 g/mol. The van der Waals surface area contributed by atoms with E-state index in [1.54, 1.807) is 6.20 Å². The van der Waals surface area contributed by atoms with Crippen LogP contribution in [0.4, 0.5) is 0 Å². The quantitative estimate of drug-likeness (QED) is 0.881. The highest BCUT2D eigenvalue weighted by atomic mass is 79.9. The molecule has 0 aromatic carbocycles. The van der Waals surface area contributed by atoms with Crippen LogP contribution in [0.1, 0.15) is 26.5 Å². The second-order valence-corrected chi connectivity index (χ2v) is 7.91. The number of fused-ring (bicyclic) bond motifs is 1. The molecule has 2 heterocycles. The van der Waals surface area contributed by atoms with Crippen molar-refractivity contribution in [3.8, 4) is 0 Å². The minimum Gasteiger partial charge on any atom is -0.598 e. The van der Waals surface area contributed by atoms with Gasteiger partial charge in [0.25, 0.3) is 0 Å². The van der Waals surface area contributed by atoms with Crippen LogP contribution in [0.25, 0.3) is 5.65 Å². The van der Waals surface area contributed by atoms with Gasteiger partial charge in [0, 0.05) is 17.6 Å². The van der Waals surface area contributed by atoms with Crippen molar-refractivity contribution in [1.29, 1.82) is 0 Å². The number of hydrogen-bond acceptors (Lipinski definition) is 3. The van der Waals surface area contributed by atoms with Gasteiger partial charge in [0.15, 0.2) is 5.65 Å². The molecule has 6 heteroatoms. The van der Waals surface area contributed by atoms with E-state index in [0.29, 0.717) is 6.54 Å². The Kier molecular flexibility index (Phi) is 4.01. The van der Waals surface area contributed by atoms with E-state index in [-0.39, 0.29) is 4.75 Å². The summed E-state index contributed by atoms with van der Waals surface area (Å²) in [7, 11) is 0. The van der Waals surface area contributed by atoms with E-state index in [1.165, 1.54) is 0 Å². The summed E-state index contributed by atoms with van der Waals surface area (Å²) < 4.78 is 17.6. The molecule has 0 saturated carbocycles. The normalized spacial score (nSPS) is 14.1. The van der Waals surface area contributed by atoms with E-state index in [9.17, 15) is 4.55 Å². The largest absolute Gasteiger partial charge is 0.598 e. The molecule has 0 radical (unpaired) electrons. The van der Waals surface area contributed by atoms with E-state index in [4.69, 9.17) is 0 Å². The average molecular weight is 330 g/mol. The van der Waals surface area contributed by atoms with Gasteiger partial charge in [-0.3, -0.25) is 0 Å². The average Bonchev–Trinajstić information content (AvgIpc) is 2.69. The summed E-state index contributed by atoms with van der Waals surface area (Å²) in [6, 6.07) is 3.90. The third-order valence-corrected chi connectivity index (χ3v) is 4.64. The number of pyridine rings is 1. The van der Waals surface area contributed by atoms with Crippen LogP contribution in [-0.4, -0.2) is 18.7 Å². The molecule has 1 N–H and O–H groups in total. The van der Waals surface area contributed by atoms with Gasteiger partial charge >= 0.3 is 0 Å². The van der Waals surface area contributed by atoms with Gasteiger partial charge in [-0.15, -0.1) is 4.72 Å². The lowest BCUT2D eigenvalue weighted by atomic mass is 10.3. The SMILES string of the molecule is CC(C)(C)[S+]([O-])NCc1cnc2c(Br)cccn12. The Hall–Kier alpha value is -0.560. The topological polar surface area (TPSA) is 52.4 Å². The van der Waals surface area contributed by atoms with Gasteiger partial charge in [0.05, 0.1) is 22.9 Å². The van der Waals surface area contributed by atoms with Crippen LogP contribution in [0.5, 0.6) is 0 Å². The van der Waals surface area contributed by atoms with E-state index >= 15 is 0 Å². The van der Waals surface area contributed by atoms with Crippen molar-refractivity contribution in [1.82, 2.24) is 14.1 Å². The molecule has 0 fully saturated rings. The Labute approximate surface area is 118 Å². The smallest absolute Gasteiger partial charge is 0.151 e. The highest BCUT2D eigenvalue weighted by Crippen LogP contribution is 2.18. The highest BCUT2D eigenvalue weighted by molar-refractivity contribution is 9.10. The van der Waals surface area contributed by atoms with E-state index in [2.05, 4.69) is 25.6 Å². The van der Waals surface area contributed by atoms with Crippen LogP contribution in [-0.2, 0) is 17.9 Å². The van der Waals surface area contributed by atoms with Gasteiger partial charge in [-0.25, -0.2) is 4.98 Å². The number of rotatable bonds is 3. The zero-order chi connectivity index (χ0) is 13.3. The molecular formula is C12H16BrN3OS. The van der Waals surface area contributed by atoms with Crippen molar-refractivity contribution in [3.63, 3.8) is 0 Å². The van der Waals surface area contributed by atoms with Gasteiger partial charge < -0.3 is 8.95 Å². The molecule has 98 valence electrons. The Morgan fingerprint density at radius 3 is 2.89 bits per heavy atom. The summed E-state index contributed by atoms with van der Waals surface area (Å²) >= 11 is 2.39. The second kappa shape index (κ2) is 5.21. The minimum atomic E-state index is -1.07. The Morgan fingerprint density at radius 2 is 2.22 bits per heavy atom. The van der Waals surface area contributed by atoms with Gasteiger partial charge in [-0.1, -0.05) is 0 Å². The zero-order valence-electron chi connectivity index (χ0n) is 10.6. The summed E-state index contributed by atoms with van der Waals surface area (Å²) in [5.41, 5.74) is 1.86. The maximum Gasteiger partial charge on any atom is 0.151 e. The summed E-state index contributed by atoms with van der Waals surface area (Å²) in [6.45, 7) is 6.37. The van der Waals surface area contributed by atoms with Crippen LogP contribution in [0, 0.1) is 0 Å². The van der Waals surface area contributed by atoms with Gasteiger partial charge in [0.2, 0.25) is 0 Å². The number of nitrogens with zero attached hydrogens (tertiary/aromatic N) is 2. The molecule has 0 aliphatic rings. The molecule has 0 spiro atoms. The van der Waals surface area contributed by atoms with Crippen molar-refractivity contribution in [2.75, 3.05) is 0 Å². The van der Waals surface area contributed by atoms with E-state index < -0.39 is 11.4 Å². The molecular weight excluding hydrogens is 314 g/mol. The van der Waals surface area contributed by atoms with Crippen molar-refractivity contribution < 1.29 is 4.55 Å². The lowest BCUT2D eigenvalue weighted by Gasteiger charge is -2.23. The summed E-state index contributed by atoms with van der Waals surface area (Å²) in [4.78, 5) is 4.34. The molecule has 2 rings (SSSR count). The number of nitrogens with one attached hydrogen (secondary N) is 1. The highest BCUT2D eigenvalue weighted by Gasteiger charge is 2.26. The zero-order valence-corrected chi connectivity index (χ0v) is 13.0. The predicted molar refractivity (Wildman–Crippen MR) is 77.6 cm³/mol. The fourth-order valence-electron chi connectivity index (χ4n) is 1.51. The lowest BCUT2D eigenvalue weighted by molar-refractivity contribution is 0.543. The van der Waals surface area contributed by atoms with E-state index in [0.717, 1.165) is 15.8 Å². The number of halogens is 1. The molecule has 0 amide bonds. The standard InChI is InChI=1S/C12H16BrN3OS/c1-12(2,3)18(17)15-8-9-7-14-11-10(13)5-4-6-16(9)11/h4-7,15H,8H2,1-3H3. The lowest BCUT2D eigenvalue weighted by Crippen LogP contribution is -2.39. The van der Waals surface area contributed by atoms with E-state index in [1.807, 2.05) is 43.5 Å². The fraction of sp³-hybridized carbons (Fsp3) is 0.417. The minimum absolute atomic E-state index is 0.263. The molecule has 0 aliphatic carbocycles. The fourth-order valence-corrected chi connectivity index (χ4v) is 2.67.